The standard InChI is InChI=1S/C19H18FN3O/c1-13-18(12-19(24)21-16-10-8-15(20)9-11-16)14(2)23(22-13)17-6-4-3-5-7-17/h3-11H,12H2,1-2H3,(H,21,24). The van der Waals surface area contributed by atoms with Crippen LogP contribution < -0.4 is 5.32 Å². The van der Waals surface area contributed by atoms with E-state index < -0.39 is 0 Å². The lowest BCUT2D eigenvalue weighted by atomic mass is 10.1. The largest absolute Gasteiger partial charge is 0.326 e. The molecule has 122 valence electrons. The average molecular weight is 323 g/mol. The Bertz CT molecular complexity index is 854. The molecule has 5 heteroatoms. The van der Waals surface area contributed by atoms with E-state index in [4.69, 9.17) is 0 Å². The van der Waals surface area contributed by atoms with Gasteiger partial charge in [-0.25, -0.2) is 9.07 Å². The van der Waals surface area contributed by atoms with Crippen molar-refractivity contribution in [1.82, 2.24) is 9.78 Å². The van der Waals surface area contributed by atoms with Crippen molar-refractivity contribution >= 4 is 11.6 Å². The van der Waals surface area contributed by atoms with Crippen LogP contribution in [0.5, 0.6) is 0 Å². The van der Waals surface area contributed by atoms with Crippen molar-refractivity contribution in [2.75, 3.05) is 5.32 Å². The Labute approximate surface area is 139 Å². The molecular formula is C19H18FN3O. The van der Waals surface area contributed by atoms with Gasteiger partial charge in [-0.15, -0.1) is 0 Å². The molecule has 1 aromatic heterocycles. The summed E-state index contributed by atoms with van der Waals surface area (Å²) in [5.74, 6) is -0.482. The topological polar surface area (TPSA) is 46.9 Å². The molecule has 0 unspecified atom stereocenters. The second kappa shape index (κ2) is 6.66. The van der Waals surface area contributed by atoms with Crippen LogP contribution in [-0.2, 0) is 11.2 Å². The number of aromatic nitrogens is 2. The molecule has 0 aliphatic heterocycles. The number of nitrogens with one attached hydrogen (secondary N) is 1. The smallest absolute Gasteiger partial charge is 0.228 e. The monoisotopic (exact) mass is 323 g/mol. The molecule has 0 atom stereocenters. The van der Waals surface area contributed by atoms with E-state index in [2.05, 4.69) is 10.4 Å². The molecular weight excluding hydrogens is 305 g/mol. The van der Waals surface area contributed by atoms with Crippen molar-refractivity contribution in [1.29, 1.82) is 0 Å². The first-order chi connectivity index (χ1) is 11.5. The summed E-state index contributed by atoms with van der Waals surface area (Å²) in [5.41, 5.74) is 4.20. The maximum absolute atomic E-state index is 12.9. The van der Waals surface area contributed by atoms with E-state index in [-0.39, 0.29) is 18.1 Å². The van der Waals surface area contributed by atoms with Gasteiger partial charge in [0.15, 0.2) is 0 Å². The second-order valence-electron chi connectivity index (χ2n) is 5.63. The summed E-state index contributed by atoms with van der Waals surface area (Å²) in [6, 6.07) is 15.5. The van der Waals surface area contributed by atoms with E-state index in [9.17, 15) is 9.18 Å². The number of para-hydroxylation sites is 1. The van der Waals surface area contributed by atoms with Gasteiger partial charge in [-0.3, -0.25) is 4.79 Å². The van der Waals surface area contributed by atoms with Crippen LogP contribution in [0.3, 0.4) is 0 Å². The van der Waals surface area contributed by atoms with Crippen LogP contribution in [0.4, 0.5) is 10.1 Å². The Morgan fingerprint density at radius 1 is 1.08 bits per heavy atom. The highest BCUT2D eigenvalue weighted by Crippen LogP contribution is 2.19. The Kier molecular flexibility index (Phi) is 4.42. The van der Waals surface area contributed by atoms with Crippen LogP contribution >= 0.6 is 0 Å². The van der Waals surface area contributed by atoms with Crippen molar-refractivity contribution in [3.8, 4) is 5.69 Å². The summed E-state index contributed by atoms with van der Waals surface area (Å²) in [6.07, 6.45) is 0.224. The molecule has 1 amide bonds. The van der Waals surface area contributed by atoms with E-state index in [1.54, 1.807) is 12.1 Å². The second-order valence-corrected chi connectivity index (χ2v) is 5.63. The van der Waals surface area contributed by atoms with Gasteiger partial charge >= 0.3 is 0 Å². The van der Waals surface area contributed by atoms with E-state index in [0.29, 0.717) is 5.69 Å². The number of aryl methyl sites for hydroxylation is 1. The quantitative estimate of drug-likeness (QED) is 0.793. The number of nitrogens with zero attached hydrogens (tertiary/aromatic N) is 2. The Morgan fingerprint density at radius 2 is 1.75 bits per heavy atom. The highest BCUT2D eigenvalue weighted by atomic mass is 19.1. The fourth-order valence-electron chi connectivity index (χ4n) is 2.65. The van der Waals surface area contributed by atoms with Crippen LogP contribution in [0.25, 0.3) is 5.69 Å². The van der Waals surface area contributed by atoms with Gasteiger partial charge in [0.25, 0.3) is 0 Å². The van der Waals surface area contributed by atoms with Gasteiger partial charge in [0.05, 0.1) is 17.8 Å². The summed E-state index contributed by atoms with van der Waals surface area (Å²) in [5, 5.41) is 7.32. The first-order valence-electron chi connectivity index (χ1n) is 7.70. The van der Waals surface area contributed by atoms with Gasteiger partial charge in [0.1, 0.15) is 5.82 Å². The molecule has 0 spiro atoms. The molecule has 0 saturated carbocycles. The van der Waals surface area contributed by atoms with Crippen LogP contribution in [-0.4, -0.2) is 15.7 Å². The molecule has 0 fully saturated rings. The van der Waals surface area contributed by atoms with Gasteiger partial charge in [0, 0.05) is 16.9 Å². The fourth-order valence-corrected chi connectivity index (χ4v) is 2.65. The number of hydrogen-bond acceptors (Lipinski definition) is 2. The third kappa shape index (κ3) is 3.35. The van der Waals surface area contributed by atoms with Gasteiger partial charge in [0.2, 0.25) is 5.91 Å². The summed E-state index contributed by atoms with van der Waals surface area (Å²) < 4.78 is 14.8. The summed E-state index contributed by atoms with van der Waals surface area (Å²) in [7, 11) is 0. The number of amides is 1. The number of rotatable bonds is 4. The molecule has 4 nitrogen and oxygen atoms in total. The first kappa shape index (κ1) is 15.9. The molecule has 0 aliphatic rings. The van der Waals surface area contributed by atoms with Crippen LogP contribution in [0.2, 0.25) is 0 Å². The number of carbonyl (C=O) groups excluding carboxylic acids is 1. The van der Waals surface area contributed by atoms with E-state index in [0.717, 1.165) is 22.6 Å². The van der Waals surface area contributed by atoms with Crippen LogP contribution in [0, 0.1) is 19.7 Å². The predicted octanol–water partition coefficient (Wildman–Crippen LogP) is 3.81. The van der Waals surface area contributed by atoms with Crippen molar-refractivity contribution in [3.63, 3.8) is 0 Å². The minimum atomic E-state index is -0.330. The fraction of sp³-hybridized carbons (Fsp3) is 0.158. The number of halogens is 1. The third-order valence-electron chi connectivity index (χ3n) is 3.91. The summed E-state index contributed by atoms with van der Waals surface area (Å²) >= 11 is 0. The number of benzene rings is 2. The Hall–Kier alpha value is -2.95. The van der Waals surface area contributed by atoms with Crippen LogP contribution in [0.15, 0.2) is 54.6 Å². The van der Waals surface area contributed by atoms with Crippen molar-refractivity contribution in [2.24, 2.45) is 0 Å². The molecule has 3 rings (SSSR count). The zero-order chi connectivity index (χ0) is 17.1. The lowest BCUT2D eigenvalue weighted by Crippen LogP contribution is -2.15. The first-order valence-corrected chi connectivity index (χ1v) is 7.70. The zero-order valence-corrected chi connectivity index (χ0v) is 13.6. The molecule has 0 aliphatic carbocycles. The number of anilines is 1. The van der Waals surface area contributed by atoms with E-state index in [1.807, 2.05) is 48.9 Å². The predicted molar refractivity (Wildman–Crippen MR) is 91.8 cm³/mol. The molecule has 24 heavy (non-hydrogen) atoms. The van der Waals surface area contributed by atoms with Crippen molar-refractivity contribution in [2.45, 2.75) is 20.3 Å². The maximum Gasteiger partial charge on any atom is 0.228 e. The number of hydrogen-bond donors (Lipinski definition) is 1. The molecule has 0 radical (unpaired) electrons. The summed E-state index contributed by atoms with van der Waals surface area (Å²) in [6.45, 7) is 3.85. The molecule has 0 saturated heterocycles. The van der Waals surface area contributed by atoms with Gasteiger partial charge < -0.3 is 5.32 Å². The highest BCUT2D eigenvalue weighted by Gasteiger charge is 2.16. The third-order valence-corrected chi connectivity index (χ3v) is 3.91. The normalized spacial score (nSPS) is 10.6. The van der Waals surface area contributed by atoms with Crippen LogP contribution in [0.1, 0.15) is 17.0 Å². The Balaban J connectivity index is 1.79. The SMILES string of the molecule is Cc1nn(-c2ccccc2)c(C)c1CC(=O)Nc1ccc(F)cc1. The molecule has 2 aromatic carbocycles. The zero-order valence-electron chi connectivity index (χ0n) is 13.6. The van der Waals surface area contributed by atoms with Crippen molar-refractivity contribution in [3.05, 3.63) is 77.4 Å². The molecule has 1 N–H and O–H groups in total. The Morgan fingerprint density at radius 3 is 2.42 bits per heavy atom. The summed E-state index contributed by atoms with van der Waals surface area (Å²) in [4.78, 5) is 12.3. The van der Waals surface area contributed by atoms with Crippen molar-refractivity contribution < 1.29 is 9.18 Å². The molecule has 3 aromatic rings. The van der Waals surface area contributed by atoms with E-state index in [1.165, 1.54) is 12.1 Å². The molecule has 0 bridgehead atoms. The van der Waals surface area contributed by atoms with E-state index >= 15 is 0 Å². The van der Waals surface area contributed by atoms with Gasteiger partial charge in [-0.1, -0.05) is 18.2 Å². The van der Waals surface area contributed by atoms with Gasteiger partial charge in [-0.2, -0.15) is 5.10 Å². The minimum absolute atomic E-state index is 0.152. The van der Waals surface area contributed by atoms with Gasteiger partial charge in [-0.05, 0) is 50.2 Å². The lowest BCUT2D eigenvalue weighted by molar-refractivity contribution is -0.115. The lowest BCUT2D eigenvalue weighted by Gasteiger charge is -2.07. The highest BCUT2D eigenvalue weighted by molar-refractivity contribution is 5.92. The average Bonchev–Trinajstić information content (AvgIpc) is 2.86. The number of carbonyl (C=O) groups is 1. The maximum atomic E-state index is 12.9. The molecule has 1 heterocycles. The minimum Gasteiger partial charge on any atom is -0.326 e.